The minimum atomic E-state index is -0.173. The predicted octanol–water partition coefficient (Wildman–Crippen LogP) is 3.62. The van der Waals surface area contributed by atoms with Gasteiger partial charge < -0.3 is 5.32 Å². The first-order chi connectivity index (χ1) is 9.15. The lowest BCUT2D eigenvalue weighted by molar-refractivity contribution is 0.624. The van der Waals surface area contributed by atoms with Crippen LogP contribution in [0.25, 0.3) is 0 Å². The van der Waals surface area contributed by atoms with Gasteiger partial charge in [-0.2, -0.15) is 0 Å². The number of nitrogens with one attached hydrogen (secondary N) is 1. The number of hydrogen-bond acceptors (Lipinski definition) is 2. The Labute approximate surface area is 121 Å². The van der Waals surface area contributed by atoms with Crippen LogP contribution in [0.5, 0.6) is 0 Å². The number of benzene rings is 1. The van der Waals surface area contributed by atoms with Crippen LogP contribution in [0.4, 0.5) is 4.39 Å². The first-order valence-electron chi connectivity index (χ1n) is 6.21. The van der Waals surface area contributed by atoms with E-state index in [1.807, 2.05) is 25.1 Å². The molecule has 1 aromatic carbocycles. The van der Waals surface area contributed by atoms with Crippen LogP contribution in [-0.2, 0) is 13.0 Å². The van der Waals surface area contributed by atoms with Gasteiger partial charge in [-0.25, -0.2) is 4.39 Å². The van der Waals surface area contributed by atoms with Crippen LogP contribution in [0.1, 0.15) is 16.8 Å². The Bertz CT molecular complexity index is 540. The van der Waals surface area contributed by atoms with E-state index in [-0.39, 0.29) is 5.82 Å². The number of nitrogens with zero attached hydrogens (tertiary/aromatic N) is 1. The lowest BCUT2D eigenvalue weighted by Crippen LogP contribution is -2.17. The van der Waals surface area contributed by atoms with Crippen molar-refractivity contribution in [3.8, 4) is 0 Å². The minimum Gasteiger partial charge on any atom is -0.311 e. The SMILES string of the molecule is Cc1cc(F)ccc1CCNCc1ccc(Br)cn1. The molecular weight excluding hydrogens is 307 g/mol. The van der Waals surface area contributed by atoms with Crippen molar-refractivity contribution in [3.63, 3.8) is 0 Å². The van der Waals surface area contributed by atoms with Crippen LogP contribution in [0.3, 0.4) is 0 Å². The molecule has 1 heterocycles. The maximum absolute atomic E-state index is 13.0. The Kier molecular flexibility index (Phi) is 5.05. The fourth-order valence-corrected chi connectivity index (χ4v) is 2.12. The van der Waals surface area contributed by atoms with E-state index in [4.69, 9.17) is 0 Å². The highest BCUT2D eigenvalue weighted by molar-refractivity contribution is 9.10. The molecule has 0 bridgehead atoms. The standard InChI is InChI=1S/C15H16BrFN2/c1-11-8-14(17)4-2-12(11)6-7-18-10-15-5-3-13(16)9-19-15/h2-5,8-9,18H,6-7,10H2,1H3. The van der Waals surface area contributed by atoms with Crippen molar-refractivity contribution in [3.05, 3.63) is 63.6 Å². The summed E-state index contributed by atoms with van der Waals surface area (Å²) in [6.45, 7) is 3.53. The van der Waals surface area contributed by atoms with Gasteiger partial charge in [0.2, 0.25) is 0 Å². The Morgan fingerprint density at radius 1 is 1.26 bits per heavy atom. The van der Waals surface area contributed by atoms with Crippen LogP contribution < -0.4 is 5.32 Å². The van der Waals surface area contributed by atoms with Gasteiger partial charge in [-0.05, 0) is 71.2 Å². The summed E-state index contributed by atoms with van der Waals surface area (Å²) >= 11 is 3.36. The molecule has 2 nitrogen and oxygen atoms in total. The van der Waals surface area contributed by atoms with Gasteiger partial charge in [-0.1, -0.05) is 6.07 Å². The molecule has 2 rings (SSSR count). The summed E-state index contributed by atoms with van der Waals surface area (Å²) in [6.07, 6.45) is 2.68. The van der Waals surface area contributed by atoms with Crippen molar-refractivity contribution in [2.75, 3.05) is 6.54 Å². The van der Waals surface area contributed by atoms with Gasteiger partial charge in [-0.3, -0.25) is 4.98 Å². The van der Waals surface area contributed by atoms with Crippen molar-refractivity contribution in [2.45, 2.75) is 19.9 Å². The minimum absolute atomic E-state index is 0.173. The molecule has 2 aromatic rings. The average Bonchev–Trinajstić information content (AvgIpc) is 2.39. The normalized spacial score (nSPS) is 10.7. The third-order valence-corrected chi connectivity index (χ3v) is 3.44. The summed E-state index contributed by atoms with van der Waals surface area (Å²) in [4.78, 5) is 4.29. The summed E-state index contributed by atoms with van der Waals surface area (Å²) in [5, 5.41) is 3.34. The largest absolute Gasteiger partial charge is 0.311 e. The molecule has 19 heavy (non-hydrogen) atoms. The van der Waals surface area contributed by atoms with Crippen LogP contribution in [0.15, 0.2) is 41.0 Å². The molecule has 0 amide bonds. The molecule has 0 saturated carbocycles. The summed E-state index contributed by atoms with van der Waals surface area (Å²) in [5.41, 5.74) is 3.19. The van der Waals surface area contributed by atoms with Crippen LogP contribution in [0.2, 0.25) is 0 Å². The number of aromatic nitrogens is 1. The first-order valence-corrected chi connectivity index (χ1v) is 7.00. The third kappa shape index (κ3) is 4.40. The van der Waals surface area contributed by atoms with Gasteiger partial charge >= 0.3 is 0 Å². The number of rotatable bonds is 5. The van der Waals surface area contributed by atoms with Gasteiger partial charge in [0.15, 0.2) is 0 Å². The molecule has 100 valence electrons. The number of hydrogen-bond donors (Lipinski definition) is 1. The molecule has 4 heteroatoms. The fraction of sp³-hybridized carbons (Fsp3) is 0.267. The van der Waals surface area contributed by atoms with E-state index in [0.717, 1.165) is 35.2 Å². The molecular formula is C15H16BrFN2. The van der Waals surface area contributed by atoms with E-state index in [1.165, 1.54) is 11.6 Å². The fourth-order valence-electron chi connectivity index (χ4n) is 1.89. The molecule has 0 spiro atoms. The second-order valence-corrected chi connectivity index (χ2v) is 5.38. The average molecular weight is 323 g/mol. The topological polar surface area (TPSA) is 24.9 Å². The molecule has 0 saturated heterocycles. The maximum atomic E-state index is 13.0. The van der Waals surface area contributed by atoms with Crippen molar-refractivity contribution >= 4 is 15.9 Å². The van der Waals surface area contributed by atoms with E-state index in [2.05, 4.69) is 26.2 Å². The van der Waals surface area contributed by atoms with E-state index < -0.39 is 0 Å². The lowest BCUT2D eigenvalue weighted by Gasteiger charge is -2.07. The number of pyridine rings is 1. The van der Waals surface area contributed by atoms with Gasteiger partial charge in [0, 0.05) is 17.2 Å². The third-order valence-electron chi connectivity index (χ3n) is 2.97. The predicted molar refractivity (Wildman–Crippen MR) is 78.5 cm³/mol. The van der Waals surface area contributed by atoms with Crippen molar-refractivity contribution in [2.24, 2.45) is 0 Å². The van der Waals surface area contributed by atoms with Crippen molar-refractivity contribution in [1.29, 1.82) is 0 Å². The molecule has 0 aliphatic rings. The Hall–Kier alpha value is -1.26. The lowest BCUT2D eigenvalue weighted by atomic mass is 10.1. The van der Waals surface area contributed by atoms with Crippen molar-refractivity contribution in [1.82, 2.24) is 10.3 Å². The summed E-state index contributed by atoms with van der Waals surface area (Å²) in [7, 11) is 0. The quantitative estimate of drug-likeness (QED) is 0.850. The smallest absolute Gasteiger partial charge is 0.123 e. The van der Waals surface area contributed by atoms with E-state index >= 15 is 0 Å². The second kappa shape index (κ2) is 6.78. The maximum Gasteiger partial charge on any atom is 0.123 e. The number of aryl methyl sites for hydroxylation is 1. The van der Waals surface area contributed by atoms with E-state index in [1.54, 1.807) is 12.3 Å². The molecule has 0 fully saturated rings. The van der Waals surface area contributed by atoms with Crippen LogP contribution in [-0.4, -0.2) is 11.5 Å². The molecule has 0 aliphatic carbocycles. The van der Waals surface area contributed by atoms with Gasteiger partial charge in [0.25, 0.3) is 0 Å². The second-order valence-electron chi connectivity index (χ2n) is 4.47. The molecule has 0 unspecified atom stereocenters. The van der Waals surface area contributed by atoms with Gasteiger partial charge in [0.05, 0.1) is 5.69 Å². The summed E-state index contributed by atoms with van der Waals surface area (Å²) in [5.74, 6) is -0.173. The van der Waals surface area contributed by atoms with Crippen molar-refractivity contribution < 1.29 is 4.39 Å². The Balaban J connectivity index is 1.79. The van der Waals surface area contributed by atoms with E-state index in [9.17, 15) is 4.39 Å². The first kappa shape index (κ1) is 14.2. The highest BCUT2D eigenvalue weighted by atomic mass is 79.9. The number of halogens is 2. The monoisotopic (exact) mass is 322 g/mol. The molecule has 1 N–H and O–H groups in total. The Morgan fingerprint density at radius 3 is 2.79 bits per heavy atom. The highest BCUT2D eigenvalue weighted by Crippen LogP contribution is 2.10. The Morgan fingerprint density at radius 2 is 2.11 bits per heavy atom. The zero-order valence-corrected chi connectivity index (χ0v) is 12.4. The zero-order chi connectivity index (χ0) is 13.7. The van der Waals surface area contributed by atoms with E-state index in [0.29, 0.717) is 0 Å². The van der Waals surface area contributed by atoms with Crippen LogP contribution in [0, 0.1) is 12.7 Å². The van der Waals surface area contributed by atoms with Gasteiger partial charge in [-0.15, -0.1) is 0 Å². The summed E-state index contributed by atoms with van der Waals surface area (Å²) in [6, 6.07) is 8.91. The molecule has 0 aliphatic heterocycles. The molecule has 1 aromatic heterocycles. The molecule has 0 radical (unpaired) electrons. The summed E-state index contributed by atoms with van der Waals surface area (Å²) < 4.78 is 13.9. The molecule has 0 atom stereocenters. The van der Waals surface area contributed by atoms with Crippen LogP contribution >= 0.6 is 15.9 Å². The highest BCUT2D eigenvalue weighted by Gasteiger charge is 2.00. The van der Waals surface area contributed by atoms with Gasteiger partial charge in [0.1, 0.15) is 5.82 Å². The zero-order valence-electron chi connectivity index (χ0n) is 10.8.